The first-order valence-electron chi connectivity index (χ1n) is 4.02. The highest BCUT2D eigenvalue weighted by Crippen LogP contribution is 2.21. The summed E-state index contributed by atoms with van der Waals surface area (Å²) in [7, 11) is 1.33. The van der Waals surface area contributed by atoms with E-state index < -0.39 is 6.17 Å². The highest BCUT2D eigenvalue weighted by molar-refractivity contribution is 5.69. The van der Waals surface area contributed by atoms with Gasteiger partial charge in [0.25, 0.3) is 0 Å². The summed E-state index contributed by atoms with van der Waals surface area (Å²) < 4.78 is 22.2. The molecule has 0 saturated carbocycles. The summed E-state index contributed by atoms with van der Waals surface area (Å²) in [6.45, 7) is 0.601. The van der Waals surface area contributed by atoms with Crippen LogP contribution in [0, 0.1) is 5.92 Å². The third-order valence-corrected chi connectivity index (χ3v) is 2.07. The molecule has 0 spiro atoms. The number of ether oxygens (including phenoxy) is 2. The SMILES string of the molecule is COC(=O)CC[C@H]1COC[C@H]1F. The molecule has 1 aliphatic heterocycles. The van der Waals surface area contributed by atoms with Gasteiger partial charge in [0.05, 0.1) is 20.3 Å². The normalized spacial score (nSPS) is 28.8. The Bertz CT molecular complexity index is 160. The van der Waals surface area contributed by atoms with Crippen LogP contribution in [0.5, 0.6) is 0 Å². The molecule has 1 fully saturated rings. The van der Waals surface area contributed by atoms with E-state index in [0.717, 1.165) is 0 Å². The number of hydrogen-bond acceptors (Lipinski definition) is 3. The first kappa shape index (κ1) is 9.45. The highest BCUT2D eigenvalue weighted by Gasteiger charge is 2.28. The number of carbonyl (C=O) groups excluding carboxylic acids is 1. The molecule has 0 aliphatic carbocycles. The molecule has 4 heteroatoms. The molecule has 0 bridgehead atoms. The van der Waals surface area contributed by atoms with Crippen molar-refractivity contribution in [3.63, 3.8) is 0 Å². The van der Waals surface area contributed by atoms with Crippen LogP contribution in [0.25, 0.3) is 0 Å². The van der Waals surface area contributed by atoms with E-state index in [1.54, 1.807) is 0 Å². The third-order valence-electron chi connectivity index (χ3n) is 2.07. The molecule has 0 N–H and O–H groups in total. The minimum absolute atomic E-state index is 0.121. The van der Waals surface area contributed by atoms with E-state index in [-0.39, 0.29) is 24.9 Å². The van der Waals surface area contributed by atoms with Gasteiger partial charge in [-0.15, -0.1) is 0 Å². The number of rotatable bonds is 3. The maximum Gasteiger partial charge on any atom is 0.305 e. The molecule has 0 amide bonds. The van der Waals surface area contributed by atoms with E-state index in [4.69, 9.17) is 4.74 Å². The number of halogens is 1. The smallest absolute Gasteiger partial charge is 0.305 e. The summed E-state index contributed by atoms with van der Waals surface area (Å²) in [6.07, 6.45) is -0.103. The van der Waals surface area contributed by atoms with Crippen LogP contribution >= 0.6 is 0 Å². The van der Waals surface area contributed by atoms with Gasteiger partial charge in [0.1, 0.15) is 6.17 Å². The van der Waals surface area contributed by atoms with Crippen molar-refractivity contribution in [2.75, 3.05) is 20.3 Å². The Morgan fingerprint density at radius 1 is 1.67 bits per heavy atom. The van der Waals surface area contributed by atoms with E-state index in [1.165, 1.54) is 7.11 Å². The maximum atomic E-state index is 12.9. The van der Waals surface area contributed by atoms with Gasteiger partial charge in [0.15, 0.2) is 0 Å². The van der Waals surface area contributed by atoms with E-state index >= 15 is 0 Å². The Morgan fingerprint density at radius 2 is 2.42 bits per heavy atom. The molecule has 1 aliphatic rings. The van der Waals surface area contributed by atoms with Crippen LogP contribution < -0.4 is 0 Å². The lowest BCUT2D eigenvalue weighted by Crippen LogP contribution is -2.15. The van der Waals surface area contributed by atoms with Crippen molar-refractivity contribution in [2.45, 2.75) is 19.0 Å². The lowest BCUT2D eigenvalue weighted by atomic mass is 10.0. The van der Waals surface area contributed by atoms with Crippen LogP contribution in [-0.2, 0) is 14.3 Å². The molecule has 12 heavy (non-hydrogen) atoms. The van der Waals surface area contributed by atoms with E-state index in [0.29, 0.717) is 13.0 Å². The maximum absolute atomic E-state index is 12.9. The van der Waals surface area contributed by atoms with E-state index in [9.17, 15) is 9.18 Å². The summed E-state index contributed by atoms with van der Waals surface area (Å²) in [5.74, 6) is -0.404. The predicted molar refractivity (Wildman–Crippen MR) is 40.5 cm³/mol. The standard InChI is InChI=1S/C8H13FO3/c1-11-8(10)3-2-6-4-12-5-7(6)9/h6-7H,2-5H2,1H3/t6-,7+/m0/s1. The quantitative estimate of drug-likeness (QED) is 0.600. The lowest BCUT2D eigenvalue weighted by molar-refractivity contribution is -0.141. The van der Waals surface area contributed by atoms with Gasteiger partial charge in [-0.2, -0.15) is 0 Å². The second-order valence-electron chi connectivity index (χ2n) is 2.93. The fourth-order valence-electron chi connectivity index (χ4n) is 1.24. The van der Waals surface area contributed by atoms with Crippen LogP contribution in [-0.4, -0.2) is 32.5 Å². The Kier molecular flexibility index (Phi) is 3.47. The number of alkyl halides is 1. The van der Waals surface area contributed by atoms with Gasteiger partial charge in [0.2, 0.25) is 0 Å². The van der Waals surface area contributed by atoms with E-state index in [2.05, 4.69) is 4.74 Å². The minimum atomic E-state index is -0.908. The van der Waals surface area contributed by atoms with Gasteiger partial charge in [0, 0.05) is 12.3 Å². The Balaban J connectivity index is 2.18. The van der Waals surface area contributed by atoms with Crippen LogP contribution in [0.3, 0.4) is 0 Å². The average molecular weight is 176 g/mol. The summed E-state index contributed by atoms with van der Waals surface area (Å²) >= 11 is 0. The van der Waals surface area contributed by atoms with Crippen molar-refractivity contribution in [1.82, 2.24) is 0 Å². The number of carbonyl (C=O) groups is 1. The molecule has 2 atom stereocenters. The zero-order valence-corrected chi connectivity index (χ0v) is 7.09. The molecular weight excluding hydrogens is 163 g/mol. The Hall–Kier alpha value is -0.640. The van der Waals surface area contributed by atoms with Crippen LogP contribution in [0.15, 0.2) is 0 Å². The molecule has 70 valence electrons. The second kappa shape index (κ2) is 4.40. The van der Waals surface area contributed by atoms with Crippen molar-refractivity contribution >= 4 is 5.97 Å². The lowest BCUT2D eigenvalue weighted by Gasteiger charge is -2.08. The van der Waals surface area contributed by atoms with Gasteiger partial charge < -0.3 is 9.47 Å². The molecule has 1 heterocycles. The number of esters is 1. The largest absolute Gasteiger partial charge is 0.469 e. The van der Waals surface area contributed by atoms with Crippen molar-refractivity contribution in [3.05, 3.63) is 0 Å². The topological polar surface area (TPSA) is 35.5 Å². The predicted octanol–water partition coefficient (Wildman–Crippen LogP) is 0.924. The zero-order chi connectivity index (χ0) is 8.97. The number of methoxy groups -OCH3 is 1. The average Bonchev–Trinajstić information content (AvgIpc) is 2.47. The van der Waals surface area contributed by atoms with Gasteiger partial charge >= 0.3 is 5.97 Å². The molecule has 3 nitrogen and oxygen atoms in total. The molecular formula is C8H13FO3. The van der Waals surface area contributed by atoms with Crippen LogP contribution in [0.2, 0.25) is 0 Å². The second-order valence-corrected chi connectivity index (χ2v) is 2.93. The van der Waals surface area contributed by atoms with Crippen LogP contribution in [0.4, 0.5) is 4.39 Å². The van der Waals surface area contributed by atoms with Gasteiger partial charge in [-0.05, 0) is 6.42 Å². The fourth-order valence-corrected chi connectivity index (χ4v) is 1.24. The monoisotopic (exact) mass is 176 g/mol. The van der Waals surface area contributed by atoms with Gasteiger partial charge in [-0.3, -0.25) is 4.79 Å². The minimum Gasteiger partial charge on any atom is -0.469 e. The highest BCUT2D eigenvalue weighted by atomic mass is 19.1. The fraction of sp³-hybridized carbons (Fsp3) is 0.875. The first-order valence-corrected chi connectivity index (χ1v) is 4.02. The molecule has 1 rings (SSSR count). The molecule has 0 aromatic rings. The van der Waals surface area contributed by atoms with Crippen molar-refractivity contribution < 1.29 is 18.7 Å². The summed E-state index contributed by atoms with van der Waals surface area (Å²) in [5.41, 5.74) is 0. The Labute approximate surface area is 70.8 Å². The third kappa shape index (κ3) is 2.44. The zero-order valence-electron chi connectivity index (χ0n) is 7.09. The first-order chi connectivity index (χ1) is 5.74. The van der Waals surface area contributed by atoms with E-state index in [1.807, 2.05) is 0 Å². The Morgan fingerprint density at radius 3 is 2.92 bits per heavy atom. The summed E-state index contributed by atoms with van der Waals surface area (Å²) in [6, 6.07) is 0. The molecule has 0 aromatic carbocycles. The van der Waals surface area contributed by atoms with Crippen LogP contribution in [0.1, 0.15) is 12.8 Å². The van der Waals surface area contributed by atoms with Crippen molar-refractivity contribution in [1.29, 1.82) is 0 Å². The molecule has 0 aromatic heterocycles. The molecule has 0 radical (unpaired) electrons. The molecule has 1 saturated heterocycles. The summed E-state index contributed by atoms with van der Waals surface area (Å²) in [5, 5.41) is 0. The van der Waals surface area contributed by atoms with Crippen molar-refractivity contribution in [2.24, 2.45) is 5.92 Å². The summed E-state index contributed by atoms with van der Waals surface area (Å²) in [4.78, 5) is 10.7. The molecule has 0 unspecified atom stereocenters. The number of hydrogen-bond donors (Lipinski definition) is 0. The van der Waals surface area contributed by atoms with Gasteiger partial charge in [-0.1, -0.05) is 0 Å². The van der Waals surface area contributed by atoms with Gasteiger partial charge in [-0.25, -0.2) is 4.39 Å². The van der Waals surface area contributed by atoms with Crippen molar-refractivity contribution in [3.8, 4) is 0 Å².